The van der Waals surface area contributed by atoms with E-state index < -0.39 is 0 Å². The number of anilines is 1. The molecule has 0 atom stereocenters. The number of halogens is 2. The lowest BCUT2D eigenvalue weighted by Crippen LogP contribution is -2.40. The Balaban J connectivity index is 1.27. The molecule has 2 aliphatic rings. The molecule has 0 saturated carbocycles. The summed E-state index contributed by atoms with van der Waals surface area (Å²) < 4.78 is 32.6. The van der Waals surface area contributed by atoms with Gasteiger partial charge in [0, 0.05) is 73.6 Å². The van der Waals surface area contributed by atoms with Gasteiger partial charge in [0.05, 0.1) is 5.69 Å². The van der Waals surface area contributed by atoms with E-state index in [1.807, 2.05) is 18.3 Å². The van der Waals surface area contributed by atoms with Crippen LogP contribution >= 0.6 is 12.1 Å². The maximum atomic E-state index is 14.7. The molecule has 168 valence electrons. The first kappa shape index (κ1) is 21.5. The fourth-order valence-corrected chi connectivity index (χ4v) is 5.60. The Bertz CT molecular complexity index is 1160. The fraction of sp³-hybridized carbons (Fsp3) is 0.360. The summed E-state index contributed by atoms with van der Waals surface area (Å²) in [7, 11) is 0. The molecular formula is C25H28F2N4S. The second-order valence-corrected chi connectivity index (χ2v) is 9.85. The van der Waals surface area contributed by atoms with Crippen molar-refractivity contribution in [2.75, 3.05) is 30.5 Å². The van der Waals surface area contributed by atoms with Gasteiger partial charge in [-0.15, -0.1) is 0 Å². The van der Waals surface area contributed by atoms with Crippen molar-refractivity contribution in [1.82, 2.24) is 14.2 Å². The van der Waals surface area contributed by atoms with E-state index in [1.54, 1.807) is 30.3 Å². The van der Waals surface area contributed by atoms with Gasteiger partial charge in [-0.2, -0.15) is 0 Å². The number of nitrogens with one attached hydrogen (secondary N) is 1. The normalized spacial score (nSPS) is 17.8. The predicted octanol–water partition coefficient (Wildman–Crippen LogP) is 5.83. The average molecular weight is 455 g/mol. The zero-order valence-electron chi connectivity index (χ0n) is 18.4. The smallest absolute Gasteiger partial charge is 0.147 e. The molecule has 0 fully saturated rings. The molecule has 1 aromatic heterocycles. The second kappa shape index (κ2) is 8.89. The van der Waals surface area contributed by atoms with Crippen molar-refractivity contribution in [1.29, 1.82) is 0 Å². The third kappa shape index (κ3) is 4.17. The van der Waals surface area contributed by atoms with E-state index in [9.17, 15) is 8.78 Å². The summed E-state index contributed by atoms with van der Waals surface area (Å²) in [4.78, 5) is 5.60. The van der Waals surface area contributed by atoms with Crippen molar-refractivity contribution in [3.8, 4) is 0 Å². The molecule has 3 heterocycles. The number of fused-ring (bicyclic) bond motifs is 2. The third-order valence-electron chi connectivity index (χ3n) is 6.33. The molecule has 0 saturated heterocycles. The average Bonchev–Trinajstić information content (AvgIpc) is 3.20. The Morgan fingerprint density at radius 3 is 2.78 bits per heavy atom. The first-order valence-electron chi connectivity index (χ1n) is 11.2. The van der Waals surface area contributed by atoms with Crippen LogP contribution in [0.5, 0.6) is 0 Å². The molecular weight excluding hydrogens is 426 g/mol. The van der Waals surface area contributed by atoms with Crippen LogP contribution in [0.15, 0.2) is 48.7 Å². The molecule has 4 nitrogen and oxygen atoms in total. The summed E-state index contributed by atoms with van der Waals surface area (Å²) in [5.74, 6) is -0.366. The van der Waals surface area contributed by atoms with E-state index in [-0.39, 0.29) is 11.6 Å². The van der Waals surface area contributed by atoms with E-state index in [4.69, 9.17) is 0 Å². The number of rotatable bonds is 5. The van der Waals surface area contributed by atoms with Crippen LogP contribution in [0, 0.1) is 11.6 Å². The minimum atomic E-state index is -0.223. The highest BCUT2D eigenvalue weighted by molar-refractivity contribution is 7.98. The van der Waals surface area contributed by atoms with Crippen molar-refractivity contribution in [2.45, 2.75) is 32.9 Å². The fourth-order valence-electron chi connectivity index (χ4n) is 4.52. The van der Waals surface area contributed by atoms with Gasteiger partial charge in [-0.05, 0) is 55.7 Å². The summed E-state index contributed by atoms with van der Waals surface area (Å²) in [6.07, 6.45) is 5.20. The number of H-pyrrole nitrogens is 1. The number of para-hydroxylation sites is 1. The molecule has 3 aromatic rings. The Morgan fingerprint density at radius 2 is 2.00 bits per heavy atom. The number of aromatic nitrogens is 1. The van der Waals surface area contributed by atoms with E-state index >= 15 is 0 Å². The van der Waals surface area contributed by atoms with Crippen LogP contribution in [0.2, 0.25) is 0 Å². The molecule has 32 heavy (non-hydrogen) atoms. The van der Waals surface area contributed by atoms with E-state index in [2.05, 4.69) is 38.4 Å². The van der Waals surface area contributed by atoms with Gasteiger partial charge in [-0.25, -0.2) is 13.1 Å². The van der Waals surface area contributed by atoms with Crippen LogP contribution in [0.3, 0.4) is 0 Å². The number of aromatic amines is 1. The molecule has 0 radical (unpaired) electrons. The highest BCUT2D eigenvalue weighted by Gasteiger charge is 2.28. The zero-order valence-corrected chi connectivity index (χ0v) is 19.3. The van der Waals surface area contributed by atoms with Crippen LogP contribution in [-0.4, -0.2) is 46.4 Å². The van der Waals surface area contributed by atoms with Crippen LogP contribution < -0.4 is 4.31 Å². The second-order valence-electron chi connectivity index (χ2n) is 8.77. The molecule has 0 bridgehead atoms. The van der Waals surface area contributed by atoms with Crippen LogP contribution in [-0.2, 0) is 6.54 Å². The van der Waals surface area contributed by atoms with Gasteiger partial charge in [0.25, 0.3) is 0 Å². The standard InChI is InChI=1S/C25H28F2N4S/c1-17(2)31-16-19-4-3-5-23(27)25(19)30(32-31)13-12-29-10-8-18(9-11-29)22-15-28-24-14-20(26)6-7-21(22)24/h3-8,14-15,17,28H,9-13,16H2,1-2H3. The van der Waals surface area contributed by atoms with Crippen LogP contribution in [0.4, 0.5) is 14.5 Å². The number of hydrogen-bond acceptors (Lipinski definition) is 4. The summed E-state index contributed by atoms with van der Waals surface area (Å²) in [6.45, 7) is 8.55. The van der Waals surface area contributed by atoms with Crippen LogP contribution in [0.25, 0.3) is 16.5 Å². The van der Waals surface area contributed by atoms with Gasteiger partial charge in [-0.3, -0.25) is 9.21 Å². The van der Waals surface area contributed by atoms with Crippen molar-refractivity contribution < 1.29 is 8.78 Å². The molecule has 0 amide bonds. The van der Waals surface area contributed by atoms with Gasteiger partial charge in [0.15, 0.2) is 0 Å². The van der Waals surface area contributed by atoms with Crippen molar-refractivity contribution in [2.24, 2.45) is 0 Å². The minimum absolute atomic E-state index is 0.144. The highest BCUT2D eigenvalue weighted by Crippen LogP contribution is 2.39. The summed E-state index contributed by atoms with van der Waals surface area (Å²) in [5.41, 5.74) is 5.08. The SMILES string of the molecule is CC(C)N1Cc2cccc(F)c2N(CCN2CC=C(c3c[nH]c4cc(F)ccc34)CC2)S1. The number of nitrogens with zero attached hydrogens (tertiary/aromatic N) is 3. The van der Waals surface area contributed by atoms with Crippen molar-refractivity contribution >= 4 is 34.3 Å². The van der Waals surface area contributed by atoms with Crippen LogP contribution in [0.1, 0.15) is 31.4 Å². The lowest BCUT2D eigenvalue weighted by Gasteiger charge is -2.39. The molecule has 0 unspecified atom stereocenters. The first-order chi connectivity index (χ1) is 15.5. The first-order valence-corrected chi connectivity index (χ1v) is 11.9. The van der Waals surface area contributed by atoms with Crippen molar-refractivity contribution in [3.05, 3.63) is 71.4 Å². The Labute approximate surface area is 192 Å². The molecule has 1 N–H and O–H groups in total. The van der Waals surface area contributed by atoms with E-state index in [1.165, 1.54) is 11.6 Å². The number of benzene rings is 2. The molecule has 2 aliphatic heterocycles. The lowest BCUT2D eigenvalue weighted by molar-refractivity contribution is 0.309. The monoisotopic (exact) mass is 454 g/mol. The molecule has 0 aliphatic carbocycles. The van der Waals surface area contributed by atoms with Gasteiger partial charge >= 0.3 is 0 Å². The van der Waals surface area contributed by atoms with E-state index in [0.717, 1.165) is 66.9 Å². The maximum Gasteiger partial charge on any atom is 0.147 e. The van der Waals surface area contributed by atoms with Crippen molar-refractivity contribution in [3.63, 3.8) is 0 Å². The Kier molecular flexibility index (Phi) is 5.97. The zero-order chi connectivity index (χ0) is 22.2. The predicted molar refractivity (Wildman–Crippen MR) is 129 cm³/mol. The molecule has 7 heteroatoms. The minimum Gasteiger partial charge on any atom is -0.360 e. The quantitative estimate of drug-likeness (QED) is 0.491. The summed E-state index contributed by atoms with van der Waals surface area (Å²) >= 11 is 1.64. The molecule has 2 aromatic carbocycles. The molecule has 0 spiro atoms. The van der Waals surface area contributed by atoms with Gasteiger partial charge < -0.3 is 4.98 Å². The lowest BCUT2D eigenvalue weighted by atomic mass is 9.99. The molecule has 5 rings (SSSR count). The third-order valence-corrected chi connectivity index (χ3v) is 7.65. The largest absolute Gasteiger partial charge is 0.360 e. The Hall–Kier alpha value is -2.35. The maximum absolute atomic E-state index is 14.7. The van der Waals surface area contributed by atoms with Gasteiger partial charge in [0.2, 0.25) is 0 Å². The van der Waals surface area contributed by atoms with E-state index in [0.29, 0.717) is 6.04 Å². The number of hydrogen-bond donors (Lipinski definition) is 1. The highest BCUT2D eigenvalue weighted by atomic mass is 32.2. The summed E-state index contributed by atoms with van der Waals surface area (Å²) in [6, 6.07) is 10.7. The summed E-state index contributed by atoms with van der Waals surface area (Å²) in [5, 5.41) is 1.07. The Morgan fingerprint density at radius 1 is 1.12 bits per heavy atom. The topological polar surface area (TPSA) is 25.5 Å². The van der Waals surface area contributed by atoms with Gasteiger partial charge in [-0.1, -0.05) is 18.2 Å². The van der Waals surface area contributed by atoms with Gasteiger partial charge in [0.1, 0.15) is 11.6 Å².